The van der Waals surface area contributed by atoms with Crippen LogP contribution in [0.15, 0.2) is 48.6 Å². The molecule has 0 amide bonds. The molecule has 1 aliphatic heterocycles. The van der Waals surface area contributed by atoms with Crippen LogP contribution < -0.4 is 4.74 Å². The average molecular weight is 312 g/mol. The average Bonchev–Trinajstić information content (AvgIpc) is 2.45. The summed E-state index contributed by atoms with van der Waals surface area (Å²) in [5.41, 5.74) is 0.470. The monoisotopic (exact) mass is 312 g/mol. The van der Waals surface area contributed by atoms with Crippen molar-refractivity contribution in [1.82, 2.24) is 0 Å². The molecular formula is C18H16O5. The molecule has 0 aliphatic carbocycles. The van der Waals surface area contributed by atoms with Gasteiger partial charge in [-0.2, -0.15) is 0 Å². The van der Waals surface area contributed by atoms with E-state index in [1.54, 1.807) is 19.1 Å². The van der Waals surface area contributed by atoms with Crippen molar-refractivity contribution in [3.8, 4) is 23.0 Å². The summed E-state index contributed by atoms with van der Waals surface area (Å²) < 4.78 is 11.5. The standard InChI is InChI=1S/C18H16O5/c1-10(2)18(23-11(3)19)14-6-4-12(20)8-16(14)22-17-9-13(21)5-7-15(17)18/h4-9,20-21H,1H2,2-3H3. The molecule has 5 heteroatoms. The summed E-state index contributed by atoms with van der Waals surface area (Å²) >= 11 is 0. The maximum atomic E-state index is 11.8. The van der Waals surface area contributed by atoms with Crippen LogP contribution in [-0.4, -0.2) is 16.2 Å². The van der Waals surface area contributed by atoms with Crippen molar-refractivity contribution in [3.05, 3.63) is 59.7 Å². The third-order valence-electron chi connectivity index (χ3n) is 3.81. The predicted octanol–water partition coefficient (Wildman–Crippen LogP) is 3.59. The zero-order valence-corrected chi connectivity index (χ0v) is 12.8. The molecular weight excluding hydrogens is 296 g/mol. The van der Waals surface area contributed by atoms with E-state index in [1.165, 1.54) is 31.2 Å². The molecule has 0 aromatic heterocycles. The highest BCUT2D eigenvalue weighted by Gasteiger charge is 2.46. The predicted molar refractivity (Wildman–Crippen MR) is 83.6 cm³/mol. The number of carbonyl (C=O) groups excluding carboxylic acids is 1. The van der Waals surface area contributed by atoms with E-state index in [4.69, 9.17) is 9.47 Å². The molecule has 0 saturated heterocycles. The summed E-state index contributed by atoms with van der Waals surface area (Å²) in [6.07, 6.45) is 0. The first-order chi connectivity index (χ1) is 10.8. The number of aromatic hydroxyl groups is 2. The molecule has 23 heavy (non-hydrogen) atoms. The number of rotatable bonds is 2. The molecule has 0 atom stereocenters. The molecule has 0 unspecified atom stereocenters. The van der Waals surface area contributed by atoms with Crippen LogP contribution in [-0.2, 0) is 15.1 Å². The Kier molecular flexibility index (Phi) is 3.29. The van der Waals surface area contributed by atoms with Gasteiger partial charge in [0.05, 0.1) is 0 Å². The molecule has 118 valence electrons. The van der Waals surface area contributed by atoms with Crippen LogP contribution in [0.25, 0.3) is 0 Å². The highest BCUT2D eigenvalue weighted by Crippen LogP contribution is 2.53. The van der Waals surface area contributed by atoms with Gasteiger partial charge in [-0.3, -0.25) is 4.79 Å². The topological polar surface area (TPSA) is 76.0 Å². The second-order valence-corrected chi connectivity index (χ2v) is 5.52. The van der Waals surface area contributed by atoms with Crippen molar-refractivity contribution >= 4 is 5.97 Å². The lowest BCUT2D eigenvalue weighted by molar-refractivity contribution is -0.151. The van der Waals surface area contributed by atoms with Crippen LogP contribution >= 0.6 is 0 Å². The van der Waals surface area contributed by atoms with E-state index >= 15 is 0 Å². The Labute approximate surface area is 133 Å². The van der Waals surface area contributed by atoms with E-state index in [0.717, 1.165) is 0 Å². The van der Waals surface area contributed by atoms with E-state index in [2.05, 4.69) is 6.58 Å². The van der Waals surface area contributed by atoms with E-state index in [0.29, 0.717) is 28.2 Å². The summed E-state index contributed by atoms with van der Waals surface area (Å²) in [4.78, 5) is 11.8. The van der Waals surface area contributed by atoms with E-state index in [-0.39, 0.29) is 11.5 Å². The lowest BCUT2D eigenvalue weighted by Crippen LogP contribution is -2.37. The Morgan fingerprint density at radius 2 is 1.52 bits per heavy atom. The zero-order valence-electron chi connectivity index (χ0n) is 12.8. The number of esters is 1. The van der Waals surface area contributed by atoms with Gasteiger partial charge in [0.25, 0.3) is 0 Å². The third-order valence-corrected chi connectivity index (χ3v) is 3.81. The number of fused-ring (bicyclic) bond motifs is 2. The Hall–Kier alpha value is -2.95. The van der Waals surface area contributed by atoms with E-state index in [1.807, 2.05) is 0 Å². The fourth-order valence-corrected chi connectivity index (χ4v) is 2.91. The summed E-state index contributed by atoms with van der Waals surface area (Å²) in [6.45, 7) is 7.06. The highest BCUT2D eigenvalue weighted by molar-refractivity contribution is 5.71. The van der Waals surface area contributed by atoms with Crippen molar-refractivity contribution in [1.29, 1.82) is 0 Å². The van der Waals surface area contributed by atoms with Crippen LogP contribution in [0.5, 0.6) is 23.0 Å². The number of hydrogen-bond donors (Lipinski definition) is 2. The molecule has 2 N–H and O–H groups in total. The van der Waals surface area contributed by atoms with Gasteiger partial charge in [0.1, 0.15) is 23.0 Å². The van der Waals surface area contributed by atoms with Gasteiger partial charge in [-0.1, -0.05) is 6.58 Å². The van der Waals surface area contributed by atoms with Gasteiger partial charge in [0.2, 0.25) is 0 Å². The van der Waals surface area contributed by atoms with Crippen molar-refractivity contribution in [2.24, 2.45) is 0 Å². The normalized spacial score (nSPS) is 14.2. The Balaban J connectivity index is 2.37. The Morgan fingerprint density at radius 1 is 1.04 bits per heavy atom. The lowest BCUT2D eigenvalue weighted by atomic mass is 9.78. The van der Waals surface area contributed by atoms with Gasteiger partial charge >= 0.3 is 5.97 Å². The van der Waals surface area contributed by atoms with Crippen LogP contribution in [0.3, 0.4) is 0 Å². The molecule has 3 rings (SSSR count). The van der Waals surface area contributed by atoms with Crippen LogP contribution in [0, 0.1) is 0 Å². The quantitative estimate of drug-likeness (QED) is 0.654. The number of carbonyl (C=O) groups is 1. The van der Waals surface area contributed by atoms with E-state index in [9.17, 15) is 15.0 Å². The minimum absolute atomic E-state index is 0.0193. The van der Waals surface area contributed by atoms with Crippen LogP contribution in [0.2, 0.25) is 0 Å². The van der Waals surface area contributed by atoms with E-state index < -0.39 is 11.6 Å². The fraction of sp³-hybridized carbons (Fsp3) is 0.167. The third kappa shape index (κ3) is 2.21. The molecule has 0 bridgehead atoms. The molecule has 1 aliphatic rings. The van der Waals surface area contributed by atoms with Gasteiger partial charge in [0.15, 0.2) is 5.60 Å². The van der Waals surface area contributed by atoms with Gasteiger partial charge in [0, 0.05) is 30.2 Å². The minimum Gasteiger partial charge on any atom is -0.508 e. The van der Waals surface area contributed by atoms with Crippen LogP contribution in [0.4, 0.5) is 0 Å². The molecule has 5 nitrogen and oxygen atoms in total. The molecule has 2 aromatic carbocycles. The highest BCUT2D eigenvalue weighted by atomic mass is 16.6. The lowest BCUT2D eigenvalue weighted by Gasteiger charge is -2.39. The molecule has 0 spiro atoms. The molecule has 1 heterocycles. The molecule has 0 fully saturated rings. The van der Waals surface area contributed by atoms with Crippen molar-refractivity contribution in [3.63, 3.8) is 0 Å². The summed E-state index contributed by atoms with van der Waals surface area (Å²) in [5.74, 6) is 0.240. The maximum Gasteiger partial charge on any atom is 0.304 e. The first-order valence-corrected chi connectivity index (χ1v) is 7.05. The second kappa shape index (κ2) is 5.05. The van der Waals surface area contributed by atoms with Crippen molar-refractivity contribution < 1.29 is 24.5 Å². The first kappa shape index (κ1) is 15.0. The number of phenols is 2. The van der Waals surface area contributed by atoms with Gasteiger partial charge in [-0.15, -0.1) is 0 Å². The summed E-state index contributed by atoms with van der Waals surface area (Å²) in [5, 5.41) is 19.4. The second-order valence-electron chi connectivity index (χ2n) is 5.52. The number of ether oxygens (including phenoxy) is 2. The van der Waals surface area contributed by atoms with Gasteiger partial charge in [-0.25, -0.2) is 0 Å². The zero-order chi connectivity index (χ0) is 16.8. The van der Waals surface area contributed by atoms with Gasteiger partial charge in [-0.05, 0) is 36.8 Å². The number of benzene rings is 2. The molecule has 0 radical (unpaired) electrons. The van der Waals surface area contributed by atoms with Crippen LogP contribution in [0.1, 0.15) is 25.0 Å². The number of hydrogen-bond acceptors (Lipinski definition) is 5. The van der Waals surface area contributed by atoms with Gasteiger partial charge < -0.3 is 19.7 Å². The largest absolute Gasteiger partial charge is 0.508 e. The smallest absolute Gasteiger partial charge is 0.304 e. The first-order valence-electron chi connectivity index (χ1n) is 7.05. The minimum atomic E-state index is -1.24. The molecule has 2 aromatic rings. The summed E-state index contributed by atoms with van der Waals surface area (Å²) in [6, 6.07) is 9.13. The Bertz CT molecular complexity index is 771. The van der Waals surface area contributed by atoms with Crippen molar-refractivity contribution in [2.75, 3.05) is 0 Å². The molecule has 0 saturated carbocycles. The number of phenolic OH excluding ortho intramolecular Hbond substituents is 2. The summed E-state index contributed by atoms with van der Waals surface area (Å²) in [7, 11) is 0. The SMILES string of the molecule is C=C(C)C1(OC(C)=O)c2ccc(O)cc2Oc2cc(O)ccc21. The maximum absolute atomic E-state index is 11.8. The Morgan fingerprint density at radius 3 is 1.91 bits per heavy atom. The fourth-order valence-electron chi connectivity index (χ4n) is 2.91. The van der Waals surface area contributed by atoms with Crippen molar-refractivity contribution in [2.45, 2.75) is 19.4 Å².